The Morgan fingerprint density at radius 1 is 0.976 bits per heavy atom. The van der Waals surface area contributed by atoms with Crippen LogP contribution in [-0.4, -0.2) is 39.8 Å². The summed E-state index contributed by atoms with van der Waals surface area (Å²) in [5, 5.41) is 17.7. The Balaban J connectivity index is 1.25. The number of methoxy groups -OCH3 is 1. The maximum atomic E-state index is 12.9. The van der Waals surface area contributed by atoms with E-state index in [9.17, 15) is 23.2 Å². The normalized spacial score (nSPS) is 11.3. The van der Waals surface area contributed by atoms with E-state index in [1.807, 2.05) is 0 Å². The van der Waals surface area contributed by atoms with Gasteiger partial charge >= 0.3 is 16.5 Å². The number of rotatable bonds is 11. The lowest BCUT2D eigenvalue weighted by Crippen LogP contribution is -2.31. The van der Waals surface area contributed by atoms with Crippen molar-refractivity contribution in [3.63, 3.8) is 0 Å². The second-order valence-electron chi connectivity index (χ2n) is 8.72. The molecular weight excluding hydrogens is 570 g/mol. The predicted molar refractivity (Wildman–Crippen MR) is 146 cm³/mol. The number of amides is 1. The van der Waals surface area contributed by atoms with Crippen LogP contribution in [0.15, 0.2) is 103 Å². The zero-order chi connectivity index (χ0) is 29.7. The van der Waals surface area contributed by atoms with Crippen molar-refractivity contribution >= 4 is 32.4 Å². The molecular formula is C28H23N3O10S. The Kier molecular flexibility index (Phi) is 8.06. The van der Waals surface area contributed by atoms with E-state index >= 15 is 0 Å². The molecule has 0 aliphatic rings. The van der Waals surface area contributed by atoms with Gasteiger partial charge in [-0.1, -0.05) is 36.4 Å². The Morgan fingerprint density at radius 3 is 2.38 bits per heavy atom. The summed E-state index contributed by atoms with van der Waals surface area (Å²) in [5.41, 5.74) is -0.316. The molecule has 0 aliphatic carbocycles. The second kappa shape index (κ2) is 12.0. The standard InChI is InChI=1S/C28H23N3O10S/c1-37-23-16-18-15-21(25(32)29-19-9-4-2-5-10-19)28(33)40-22(18)17-24(23)38-13-8-14-39-26-27(31(34)41-30-26)42(35,36)20-11-6-3-7-12-20/h2-7,9-12,15-17H,8,13-14H2,1H3,(H,29,32). The smallest absolute Gasteiger partial charge is 0.414 e. The minimum Gasteiger partial charge on any atom is -0.493 e. The Labute approximate surface area is 238 Å². The Hall–Kier alpha value is -5.37. The highest BCUT2D eigenvalue weighted by atomic mass is 32.2. The number of hydrogen-bond acceptors (Lipinski definition) is 11. The van der Waals surface area contributed by atoms with E-state index in [4.69, 9.17) is 18.6 Å². The highest BCUT2D eigenvalue weighted by Crippen LogP contribution is 2.32. The molecule has 1 N–H and O–H groups in total. The van der Waals surface area contributed by atoms with E-state index in [0.29, 0.717) is 16.8 Å². The number of para-hydroxylation sites is 1. The SMILES string of the molecule is COc1cc2cc(C(=O)Nc3ccccc3)c(=O)oc2cc1OCCCOc1no[n+]([O-])c1S(=O)(=O)c1ccccc1. The molecule has 216 valence electrons. The van der Waals surface area contributed by atoms with Gasteiger partial charge in [-0.2, -0.15) is 0 Å². The number of fused-ring (bicyclic) bond motifs is 1. The van der Waals surface area contributed by atoms with Gasteiger partial charge in [-0.3, -0.25) is 9.42 Å². The van der Waals surface area contributed by atoms with Crippen molar-refractivity contribution in [1.29, 1.82) is 0 Å². The van der Waals surface area contributed by atoms with Gasteiger partial charge in [0.15, 0.2) is 11.5 Å². The third-order valence-electron chi connectivity index (χ3n) is 5.93. The number of sulfone groups is 1. The molecule has 0 unspecified atom stereocenters. The first kappa shape index (κ1) is 28.2. The van der Waals surface area contributed by atoms with Gasteiger partial charge in [0.25, 0.3) is 15.7 Å². The lowest BCUT2D eigenvalue weighted by atomic mass is 10.1. The van der Waals surface area contributed by atoms with Crippen LogP contribution >= 0.6 is 0 Å². The third-order valence-corrected chi connectivity index (χ3v) is 7.66. The molecule has 0 bridgehead atoms. The largest absolute Gasteiger partial charge is 0.493 e. The van der Waals surface area contributed by atoms with Crippen LogP contribution < -0.4 is 30.1 Å². The van der Waals surface area contributed by atoms with Gasteiger partial charge in [0.2, 0.25) is 0 Å². The average Bonchev–Trinajstić information content (AvgIpc) is 3.38. The van der Waals surface area contributed by atoms with Gasteiger partial charge in [0, 0.05) is 23.6 Å². The highest BCUT2D eigenvalue weighted by molar-refractivity contribution is 7.91. The van der Waals surface area contributed by atoms with Crippen LogP contribution in [0.3, 0.4) is 0 Å². The molecule has 5 rings (SSSR count). The quantitative estimate of drug-likeness (QED) is 0.135. The molecule has 0 spiro atoms. The van der Waals surface area contributed by atoms with Gasteiger partial charge in [-0.15, -0.1) is 0 Å². The van der Waals surface area contributed by atoms with Crippen LogP contribution in [0.2, 0.25) is 0 Å². The number of nitrogens with one attached hydrogen (secondary N) is 1. The van der Waals surface area contributed by atoms with Gasteiger partial charge in [-0.25, -0.2) is 13.2 Å². The van der Waals surface area contributed by atoms with Gasteiger partial charge in [-0.05, 0) is 41.3 Å². The molecule has 1 amide bonds. The van der Waals surface area contributed by atoms with Crippen molar-refractivity contribution in [2.24, 2.45) is 0 Å². The Bertz CT molecular complexity index is 1890. The number of nitrogens with zero attached hydrogens (tertiary/aromatic N) is 2. The molecule has 0 saturated heterocycles. The van der Waals surface area contributed by atoms with Gasteiger partial charge < -0.3 is 29.2 Å². The van der Waals surface area contributed by atoms with Crippen LogP contribution in [0, 0.1) is 5.21 Å². The molecule has 0 aliphatic heterocycles. The maximum absolute atomic E-state index is 12.9. The van der Waals surface area contributed by atoms with Crippen LogP contribution in [0.25, 0.3) is 11.0 Å². The van der Waals surface area contributed by atoms with Crippen LogP contribution in [0.4, 0.5) is 5.69 Å². The summed E-state index contributed by atoms with van der Waals surface area (Å²) in [5.74, 6) is -0.538. The molecule has 2 heterocycles. The van der Waals surface area contributed by atoms with Crippen molar-refractivity contribution in [2.45, 2.75) is 16.3 Å². The number of benzene rings is 3. The summed E-state index contributed by atoms with van der Waals surface area (Å²) in [6.45, 7) is -0.00559. The fraction of sp³-hybridized carbons (Fsp3) is 0.143. The molecule has 0 radical (unpaired) electrons. The summed E-state index contributed by atoms with van der Waals surface area (Å²) >= 11 is 0. The van der Waals surface area contributed by atoms with E-state index in [-0.39, 0.29) is 46.3 Å². The van der Waals surface area contributed by atoms with Crippen LogP contribution in [0.1, 0.15) is 16.8 Å². The van der Waals surface area contributed by atoms with Gasteiger partial charge in [0.1, 0.15) is 11.1 Å². The van der Waals surface area contributed by atoms with E-state index in [1.165, 1.54) is 43.5 Å². The Morgan fingerprint density at radius 2 is 1.67 bits per heavy atom. The number of aromatic nitrogens is 2. The molecule has 0 fully saturated rings. The fourth-order valence-electron chi connectivity index (χ4n) is 3.93. The first-order chi connectivity index (χ1) is 20.3. The number of hydrogen-bond donors (Lipinski definition) is 1. The van der Waals surface area contributed by atoms with Crippen molar-refractivity contribution in [3.8, 4) is 17.4 Å². The molecule has 14 heteroatoms. The summed E-state index contributed by atoms with van der Waals surface area (Å²) in [4.78, 5) is 24.9. The summed E-state index contributed by atoms with van der Waals surface area (Å²) in [6, 6.07) is 20.4. The number of carbonyl (C=O) groups is 1. The maximum Gasteiger partial charge on any atom is 0.414 e. The van der Waals surface area contributed by atoms with Crippen molar-refractivity contribution in [1.82, 2.24) is 5.16 Å². The zero-order valence-corrected chi connectivity index (χ0v) is 22.8. The van der Waals surface area contributed by atoms with E-state index in [2.05, 4.69) is 15.1 Å². The lowest BCUT2D eigenvalue weighted by molar-refractivity contribution is -0.832. The molecule has 42 heavy (non-hydrogen) atoms. The molecule has 5 aromatic rings. The lowest BCUT2D eigenvalue weighted by Gasteiger charge is -2.12. The minimum atomic E-state index is -4.24. The van der Waals surface area contributed by atoms with E-state index < -0.39 is 32.3 Å². The summed E-state index contributed by atoms with van der Waals surface area (Å²) in [6.07, 6.45) is 0.236. The fourth-order valence-corrected chi connectivity index (χ4v) is 5.22. The molecule has 0 atom stereocenters. The molecule has 0 saturated carbocycles. The van der Waals surface area contributed by atoms with Crippen LogP contribution in [-0.2, 0) is 9.84 Å². The van der Waals surface area contributed by atoms with Crippen molar-refractivity contribution in [2.75, 3.05) is 25.6 Å². The second-order valence-corrected chi connectivity index (χ2v) is 10.6. The monoisotopic (exact) mass is 593 g/mol. The summed E-state index contributed by atoms with van der Waals surface area (Å²) < 4.78 is 52.1. The van der Waals surface area contributed by atoms with Crippen LogP contribution in [0.5, 0.6) is 17.4 Å². The van der Waals surface area contributed by atoms with Crippen molar-refractivity contribution < 1.29 is 41.4 Å². The number of anilines is 1. The van der Waals surface area contributed by atoms with E-state index in [1.54, 1.807) is 42.5 Å². The molecule has 3 aromatic carbocycles. The minimum absolute atomic E-state index is 0.0691. The molecule has 2 aromatic heterocycles. The van der Waals surface area contributed by atoms with Crippen molar-refractivity contribution in [3.05, 3.63) is 100 Å². The molecule has 13 nitrogen and oxygen atoms in total. The van der Waals surface area contributed by atoms with E-state index in [0.717, 1.165) is 0 Å². The number of ether oxygens (including phenoxy) is 3. The highest BCUT2D eigenvalue weighted by Gasteiger charge is 2.35. The first-order valence-corrected chi connectivity index (χ1v) is 13.9. The first-order valence-electron chi connectivity index (χ1n) is 12.5. The topological polar surface area (TPSA) is 174 Å². The predicted octanol–water partition coefficient (Wildman–Crippen LogP) is 3.36. The average molecular weight is 594 g/mol. The van der Waals surface area contributed by atoms with Gasteiger partial charge in [0.05, 0.1) is 30.4 Å². The third kappa shape index (κ3) is 5.88. The number of carbonyl (C=O) groups excluding carboxylic acids is 1. The summed E-state index contributed by atoms with van der Waals surface area (Å²) in [7, 11) is -2.81. The zero-order valence-electron chi connectivity index (χ0n) is 22.0.